The summed E-state index contributed by atoms with van der Waals surface area (Å²) in [6, 6.07) is 9.40. The van der Waals surface area contributed by atoms with Crippen LogP contribution in [0.15, 0.2) is 28.8 Å². The van der Waals surface area contributed by atoms with Crippen LogP contribution < -0.4 is 0 Å². The van der Waals surface area contributed by atoms with E-state index < -0.39 is 0 Å². The van der Waals surface area contributed by atoms with E-state index in [9.17, 15) is 0 Å². The van der Waals surface area contributed by atoms with Gasteiger partial charge < -0.3 is 4.52 Å². The molecule has 0 bridgehead atoms. The van der Waals surface area contributed by atoms with Gasteiger partial charge >= 0.3 is 0 Å². The molecule has 108 valence electrons. The van der Waals surface area contributed by atoms with Crippen LogP contribution in [0.4, 0.5) is 0 Å². The number of rotatable bonds is 2. The number of nitriles is 1. The molecule has 0 aliphatic heterocycles. The Morgan fingerprint density at radius 3 is 2.76 bits per heavy atom. The average Bonchev–Trinajstić information content (AvgIpc) is 2.97. The maximum absolute atomic E-state index is 8.95. The lowest BCUT2D eigenvalue weighted by Crippen LogP contribution is -2.20. The molecule has 1 heterocycles. The average molecular weight is 281 g/mol. The van der Waals surface area contributed by atoms with Gasteiger partial charge in [0.25, 0.3) is 5.89 Å². The Labute approximate surface area is 124 Å². The molecule has 2 aromatic rings. The first-order valence-electron chi connectivity index (χ1n) is 7.41. The molecule has 0 amide bonds. The number of aromatic nitrogens is 2. The third-order valence-corrected chi connectivity index (χ3v) is 4.38. The van der Waals surface area contributed by atoms with E-state index in [0.717, 1.165) is 24.2 Å². The molecule has 4 heteroatoms. The summed E-state index contributed by atoms with van der Waals surface area (Å²) in [4.78, 5) is 4.54. The summed E-state index contributed by atoms with van der Waals surface area (Å²) in [5, 5.41) is 13.1. The van der Waals surface area contributed by atoms with Gasteiger partial charge in [0, 0.05) is 11.5 Å². The summed E-state index contributed by atoms with van der Waals surface area (Å²) in [5.74, 6) is 1.71. The van der Waals surface area contributed by atoms with Gasteiger partial charge in [-0.05, 0) is 49.3 Å². The van der Waals surface area contributed by atoms with Crippen LogP contribution in [-0.2, 0) is 0 Å². The lowest BCUT2D eigenvalue weighted by atomic mass is 9.73. The third-order valence-electron chi connectivity index (χ3n) is 4.38. The number of nitrogens with zero attached hydrogens (tertiary/aromatic N) is 3. The minimum absolute atomic E-state index is 0.398. The Hall–Kier alpha value is -2.15. The first-order chi connectivity index (χ1) is 10.1. The second-order valence-corrected chi connectivity index (χ2v) is 6.59. The minimum atomic E-state index is 0.398. The number of hydrogen-bond donors (Lipinski definition) is 0. The maximum Gasteiger partial charge on any atom is 0.257 e. The summed E-state index contributed by atoms with van der Waals surface area (Å²) in [5.41, 5.74) is 1.85. The SMILES string of the molecule is CC1(C)CCC(c2noc(-c3cccc(C#N)c3)n2)CC1. The van der Waals surface area contributed by atoms with Crippen molar-refractivity contribution in [1.82, 2.24) is 10.1 Å². The molecule has 1 aromatic carbocycles. The van der Waals surface area contributed by atoms with Crippen molar-refractivity contribution in [3.05, 3.63) is 35.7 Å². The summed E-state index contributed by atoms with van der Waals surface area (Å²) < 4.78 is 5.38. The largest absolute Gasteiger partial charge is 0.334 e. The van der Waals surface area contributed by atoms with E-state index in [0.29, 0.717) is 22.8 Å². The van der Waals surface area contributed by atoms with Gasteiger partial charge in [-0.1, -0.05) is 25.1 Å². The maximum atomic E-state index is 8.95. The molecule has 0 atom stereocenters. The zero-order valence-corrected chi connectivity index (χ0v) is 12.5. The normalized spacial score (nSPS) is 18.3. The van der Waals surface area contributed by atoms with E-state index >= 15 is 0 Å². The fourth-order valence-corrected chi connectivity index (χ4v) is 2.90. The van der Waals surface area contributed by atoms with Gasteiger partial charge in [-0.25, -0.2) is 0 Å². The topological polar surface area (TPSA) is 62.7 Å². The third kappa shape index (κ3) is 2.97. The fourth-order valence-electron chi connectivity index (χ4n) is 2.90. The molecular formula is C17H19N3O. The van der Waals surface area contributed by atoms with Crippen molar-refractivity contribution in [1.29, 1.82) is 5.26 Å². The quantitative estimate of drug-likeness (QED) is 0.823. The Bertz CT molecular complexity index is 671. The van der Waals surface area contributed by atoms with Gasteiger partial charge in [-0.2, -0.15) is 10.2 Å². The zero-order chi connectivity index (χ0) is 14.9. The molecule has 0 spiro atoms. The molecule has 1 saturated carbocycles. The van der Waals surface area contributed by atoms with Gasteiger partial charge in [0.1, 0.15) is 0 Å². The van der Waals surface area contributed by atoms with E-state index in [4.69, 9.17) is 9.78 Å². The zero-order valence-electron chi connectivity index (χ0n) is 12.5. The predicted octanol–water partition coefficient (Wildman–Crippen LogP) is 4.29. The van der Waals surface area contributed by atoms with E-state index in [1.807, 2.05) is 12.1 Å². The van der Waals surface area contributed by atoms with Crippen molar-refractivity contribution in [2.45, 2.75) is 45.4 Å². The van der Waals surface area contributed by atoms with E-state index in [2.05, 4.69) is 30.1 Å². The van der Waals surface area contributed by atoms with Gasteiger partial charge in [-0.15, -0.1) is 0 Å². The first-order valence-corrected chi connectivity index (χ1v) is 7.41. The molecule has 1 fully saturated rings. The lowest BCUT2D eigenvalue weighted by Gasteiger charge is -2.32. The van der Waals surface area contributed by atoms with Crippen LogP contribution in [0.5, 0.6) is 0 Å². The van der Waals surface area contributed by atoms with Crippen molar-refractivity contribution in [2.24, 2.45) is 5.41 Å². The standard InChI is InChI=1S/C17H19N3O/c1-17(2)8-6-13(7-9-17)15-19-16(21-20-15)14-5-3-4-12(10-14)11-18/h3-5,10,13H,6-9H2,1-2H3. The van der Waals surface area contributed by atoms with Crippen molar-refractivity contribution >= 4 is 0 Å². The van der Waals surface area contributed by atoms with Crippen LogP contribution in [0.1, 0.15) is 56.8 Å². The molecule has 21 heavy (non-hydrogen) atoms. The number of benzene rings is 1. The Balaban J connectivity index is 1.79. The van der Waals surface area contributed by atoms with Crippen molar-refractivity contribution in [2.75, 3.05) is 0 Å². The Morgan fingerprint density at radius 1 is 1.29 bits per heavy atom. The second kappa shape index (κ2) is 5.33. The molecule has 0 radical (unpaired) electrons. The second-order valence-electron chi connectivity index (χ2n) is 6.59. The van der Waals surface area contributed by atoms with Crippen LogP contribution in [0.3, 0.4) is 0 Å². The molecular weight excluding hydrogens is 262 g/mol. The molecule has 0 unspecified atom stereocenters. The summed E-state index contributed by atoms with van der Waals surface area (Å²) in [6.07, 6.45) is 4.63. The van der Waals surface area contributed by atoms with Gasteiger partial charge in [-0.3, -0.25) is 0 Å². The Kier molecular flexibility index (Phi) is 3.50. The Morgan fingerprint density at radius 2 is 2.05 bits per heavy atom. The van der Waals surface area contributed by atoms with Gasteiger partial charge in [0.05, 0.1) is 11.6 Å². The first kappa shape index (κ1) is 13.8. The highest BCUT2D eigenvalue weighted by Crippen LogP contribution is 2.41. The molecule has 3 rings (SSSR count). The molecule has 1 aliphatic carbocycles. The van der Waals surface area contributed by atoms with Crippen molar-refractivity contribution in [3.63, 3.8) is 0 Å². The van der Waals surface area contributed by atoms with E-state index in [1.54, 1.807) is 12.1 Å². The highest BCUT2D eigenvalue weighted by Gasteiger charge is 2.30. The van der Waals surface area contributed by atoms with Crippen molar-refractivity contribution < 1.29 is 4.52 Å². The van der Waals surface area contributed by atoms with Gasteiger partial charge in [0.15, 0.2) is 5.82 Å². The summed E-state index contributed by atoms with van der Waals surface area (Å²) >= 11 is 0. The molecule has 1 aromatic heterocycles. The molecule has 0 saturated heterocycles. The highest BCUT2D eigenvalue weighted by molar-refractivity contribution is 5.56. The predicted molar refractivity (Wildman–Crippen MR) is 79.4 cm³/mol. The van der Waals surface area contributed by atoms with Crippen LogP contribution >= 0.6 is 0 Å². The van der Waals surface area contributed by atoms with Crippen LogP contribution in [0.25, 0.3) is 11.5 Å². The van der Waals surface area contributed by atoms with Crippen LogP contribution in [0, 0.1) is 16.7 Å². The molecule has 0 N–H and O–H groups in total. The van der Waals surface area contributed by atoms with E-state index in [-0.39, 0.29) is 0 Å². The summed E-state index contributed by atoms with van der Waals surface area (Å²) in [6.45, 7) is 4.64. The van der Waals surface area contributed by atoms with Crippen LogP contribution in [-0.4, -0.2) is 10.1 Å². The van der Waals surface area contributed by atoms with Crippen molar-refractivity contribution in [3.8, 4) is 17.5 Å². The highest BCUT2D eigenvalue weighted by atomic mass is 16.5. The lowest BCUT2D eigenvalue weighted by molar-refractivity contribution is 0.218. The summed E-state index contributed by atoms with van der Waals surface area (Å²) in [7, 11) is 0. The van der Waals surface area contributed by atoms with Crippen LogP contribution in [0.2, 0.25) is 0 Å². The monoisotopic (exact) mass is 281 g/mol. The molecule has 4 nitrogen and oxygen atoms in total. The minimum Gasteiger partial charge on any atom is -0.334 e. The molecule has 1 aliphatic rings. The smallest absolute Gasteiger partial charge is 0.257 e. The number of hydrogen-bond acceptors (Lipinski definition) is 4. The fraction of sp³-hybridized carbons (Fsp3) is 0.471. The van der Waals surface area contributed by atoms with Gasteiger partial charge in [0.2, 0.25) is 0 Å². The van der Waals surface area contributed by atoms with E-state index in [1.165, 1.54) is 12.8 Å².